The second-order valence-electron chi connectivity index (χ2n) is 5.06. The maximum absolute atomic E-state index is 12.2. The van der Waals surface area contributed by atoms with E-state index in [4.69, 9.17) is 5.73 Å². The summed E-state index contributed by atoms with van der Waals surface area (Å²) in [5.41, 5.74) is 5.80. The van der Waals surface area contributed by atoms with E-state index in [0.717, 1.165) is 13.0 Å². The van der Waals surface area contributed by atoms with E-state index in [0.29, 0.717) is 10.0 Å². The van der Waals surface area contributed by atoms with Gasteiger partial charge in [-0.1, -0.05) is 18.3 Å². The number of thiazole rings is 1. The number of carbonyl (C=O) groups is 2. The van der Waals surface area contributed by atoms with E-state index < -0.39 is 6.04 Å². The SMILES string of the molecule is CCCN(C)c1nc(N)c(C(=O)NC(C)C(=O)N(C)C)s1. The number of nitrogens with two attached hydrogens (primary N) is 1. The van der Waals surface area contributed by atoms with Crippen LogP contribution in [0.25, 0.3) is 0 Å². The minimum atomic E-state index is -0.606. The summed E-state index contributed by atoms with van der Waals surface area (Å²) in [6.45, 7) is 4.54. The van der Waals surface area contributed by atoms with Crippen LogP contribution in [0.4, 0.5) is 10.9 Å². The lowest BCUT2D eigenvalue weighted by atomic mass is 10.3. The highest BCUT2D eigenvalue weighted by atomic mass is 32.1. The largest absolute Gasteiger partial charge is 0.382 e. The quantitative estimate of drug-likeness (QED) is 0.810. The van der Waals surface area contributed by atoms with Crippen LogP contribution < -0.4 is 16.0 Å². The lowest BCUT2D eigenvalue weighted by molar-refractivity contribution is -0.130. The zero-order valence-electron chi connectivity index (χ0n) is 13.1. The first-order valence-corrected chi connectivity index (χ1v) is 7.59. The summed E-state index contributed by atoms with van der Waals surface area (Å²) in [5, 5.41) is 3.34. The molecule has 0 aliphatic carbocycles. The van der Waals surface area contributed by atoms with Gasteiger partial charge in [-0.15, -0.1) is 0 Å². The molecule has 1 heterocycles. The van der Waals surface area contributed by atoms with Crippen LogP contribution in [0.5, 0.6) is 0 Å². The first-order valence-electron chi connectivity index (χ1n) is 6.77. The van der Waals surface area contributed by atoms with Crippen LogP contribution in [-0.2, 0) is 4.79 Å². The minimum absolute atomic E-state index is 0.172. The van der Waals surface area contributed by atoms with Crippen LogP contribution >= 0.6 is 11.3 Å². The zero-order chi connectivity index (χ0) is 16.2. The van der Waals surface area contributed by atoms with Gasteiger partial charge in [0.1, 0.15) is 16.7 Å². The number of amides is 2. The number of likely N-dealkylation sites (N-methyl/N-ethyl adjacent to an activating group) is 1. The van der Waals surface area contributed by atoms with Crippen LogP contribution in [0, 0.1) is 0 Å². The summed E-state index contributed by atoms with van der Waals surface area (Å²) >= 11 is 1.23. The third-order valence-electron chi connectivity index (χ3n) is 2.89. The molecule has 0 saturated carbocycles. The molecule has 0 bridgehead atoms. The summed E-state index contributed by atoms with van der Waals surface area (Å²) in [4.78, 5) is 31.9. The van der Waals surface area contributed by atoms with Crippen molar-refractivity contribution in [2.75, 3.05) is 38.3 Å². The smallest absolute Gasteiger partial charge is 0.265 e. The lowest BCUT2D eigenvalue weighted by Gasteiger charge is -2.17. The molecule has 7 nitrogen and oxygen atoms in total. The van der Waals surface area contributed by atoms with Crippen molar-refractivity contribution >= 4 is 34.1 Å². The van der Waals surface area contributed by atoms with Crippen molar-refractivity contribution in [1.82, 2.24) is 15.2 Å². The first kappa shape index (κ1) is 17.2. The number of hydrogen-bond acceptors (Lipinski definition) is 6. The maximum Gasteiger partial charge on any atom is 0.265 e. The van der Waals surface area contributed by atoms with Gasteiger partial charge in [0.2, 0.25) is 5.91 Å². The number of aromatic nitrogens is 1. The zero-order valence-corrected chi connectivity index (χ0v) is 14.0. The third-order valence-corrected chi connectivity index (χ3v) is 4.08. The molecule has 0 aliphatic heterocycles. The van der Waals surface area contributed by atoms with E-state index in [1.54, 1.807) is 21.0 Å². The summed E-state index contributed by atoms with van der Waals surface area (Å²) < 4.78 is 0. The number of rotatable bonds is 6. The second kappa shape index (κ2) is 7.26. The Balaban J connectivity index is 2.81. The van der Waals surface area contributed by atoms with E-state index >= 15 is 0 Å². The van der Waals surface area contributed by atoms with Gasteiger partial charge >= 0.3 is 0 Å². The number of carbonyl (C=O) groups excluding carboxylic acids is 2. The van der Waals surface area contributed by atoms with Crippen LogP contribution in [0.15, 0.2) is 0 Å². The molecule has 21 heavy (non-hydrogen) atoms. The van der Waals surface area contributed by atoms with Crippen LogP contribution in [0.1, 0.15) is 29.9 Å². The Morgan fingerprint density at radius 3 is 2.52 bits per heavy atom. The molecule has 0 saturated heterocycles. The third kappa shape index (κ3) is 4.32. The predicted molar refractivity (Wildman–Crippen MR) is 85.7 cm³/mol. The highest BCUT2D eigenvalue weighted by molar-refractivity contribution is 7.18. The molecule has 3 N–H and O–H groups in total. The fraction of sp³-hybridized carbons (Fsp3) is 0.615. The first-order chi connectivity index (χ1) is 9.77. The molecular weight excluding hydrogens is 290 g/mol. The van der Waals surface area contributed by atoms with Gasteiger partial charge in [-0.25, -0.2) is 4.98 Å². The van der Waals surface area contributed by atoms with Gasteiger partial charge in [0.25, 0.3) is 5.91 Å². The van der Waals surface area contributed by atoms with Gasteiger partial charge < -0.3 is 20.9 Å². The summed E-state index contributed by atoms with van der Waals surface area (Å²) in [6.07, 6.45) is 0.978. The molecule has 0 aliphatic rings. The summed E-state index contributed by atoms with van der Waals surface area (Å²) in [6, 6.07) is -0.606. The molecule has 8 heteroatoms. The van der Waals surface area contributed by atoms with Crippen molar-refractivity contribution in [3.63, 3.8) is 0 Å². The highest BCUT2D eigenvalue weighted by Gasteiger charge is 2.22. The summed E-state index contributed by atoms with van der Waals surface area (Å²) in [7, 11) is 5.19. The molecule has 0 spiro atoms. The maximum atomic E-state index is 12.2. The molecular formula is C13H23N5O2S. The van der Waals surface area contributed by atoms with E-state index in [2.05, 4.69) is 17.2 Å². The average molecular weight is 313 g/mol. The van der Waals surface area contributed by atoms with Crippen molar-refractivity contribution in [3.8, 4) is 0 Å². The van der Waals surface area contributed by atoms with Crippen molar-refractivity contribution in [1.29, 1.82) is 0 Å². The lowest BCUT2D eigenvalue weighted by Crippen LogP contribution is -2.44. The van der Waals surface area contributed by atoms with Crippen LogP contribution in [0.3, 0.4) is 0 Å². The Labute approximate surface area is 129 Å². The second-order valence-corrected chi connectivity index (χ2v) is 6.04. The molecule has 118 valence electrons. The van der Waals surface area contributed by atoms with Gasteiger partial charge in [-0.05, 0) is 13.3 Å². The molecule has 0 fully saturated rings. The molecule has 1 rings (SSSR count). The fourth-order valence-electron chi connectivity index (χ4n) is 1.79. The van der Waals surface area contributed by atoms with Gasteiger partial charge in [-0.2, -0.15) is 0 Å². The minimum Gasteiger partial charge on any atom is -0.382 e. The highest BCUT2D eigenvalue weighted by Crippen LogP contribution is 2.27. The van der Waals surface area contributed by atoms with E-state index in [9.17, 15) is 9.59 Å². The van der Waals surface area contributed by atoms with E-state index in [1.165, 1.54) is 16.2 Å². The van der Waals surface area contributed by atoms with Gasteiger partial charge in [0.05, 0.1) is 0 Å². The van der Waals surface area contributed by atoms with Gasteiger partial charge in [0.15, 0.2) is 5.13 Å². The number of anilines is 2. The Morgan fingerprint density at radius 2 is 2.00 bits per heavy atom. The van der Waals surface area contributed by atoms with Gasteiger partial charge in [0, 0.05) is 27.7 Å². The number of nitrogens with zero attached hydrogens (tertiary/aromatic N) is 3. The Kier molecular flexibility index (Phi) is 5.95. The molecule has 0 radical (unpaired) electrons. The Morgan fingerprint density at radius 1 is 1.38 bits per heavy atom. The molecule has 1 atom stereocenters. The van der Waals surface area contributed by atoms with Crippen LogP contribution in [-0.4, -0.2) is 55.4 Å². The van der Waals surface area contributed by atoms with Crippen molar-refractivity contribution in [2.45, 2.75) is 26.3 Å². The predicted octanol–water partition coefficient (Wildman–Crippen LogP) is 0.778. The fourth-order valence-corrected chi connectivity index (χ4v) is 2.66. The number of nitrogens with one attached hydrogen (secondary N) is 1. The van der Waals surface area contributed by atoms with Gasteiger partial charge in [-0.3, -0.25) is 9.59 Å². The molecule has 0 aromatic carbocycles. The Hall–Kier alpha value is -1.83. The standard InChI is InChI=1S/C13H23N5O2S/c1-6-7-18(5)13-16-10(14)9(21-13)11(19)15-8(2)12(20)17(3)4/h8H,6-7,14H2,1-5H3,(H,15,19). The van der Waals surface area contributed by atoms with Crippen molar-refractivity contribution in [3.05, 3.63) is 4.88 Å². The normalized spacial score (nSPS) is 11.9. The molecule has 1 aromatic heterocycles. The summed E-state index contributed by atoms with van der Waals surface area (Å²) in [5.74, 6) is -0.349. The Bertz CT molecular complexity index is 515. The van der Waals surface area contributed by atoms with Crippen molar-refractivity contribution in [2.24, 2.45) is 0 Å². The van der Waals surface area contributed by atoms with Crippen LogP contribution in [0.2, 0.25) is 0 Å². The number of nitrogen functional groups attached to an aromatic ring is 1. The monoisotopic (exact) mass is 313 g/mol. The molecule has 2 amide bonds. The van der Waals surface area contributed by atoms with E-state index in [1.807, 2.05) is 11.9 Å². The topological polar surface area (TPSA) is 91.6 Å². The molecule has 1 unspecified atom stereocenters. The van der Waals surface area contributed by atoms with E-state index in [-0.39, 0.29) is 17.6 Å². The average Bonchev–Trinajstić information content (AvgIpc) is 2.80. The van der Waals surface area contributed by atoms with Crippen molar-refractivity contribution < 1.29 is 9.59 Å². The molecule has 1 aromatic rings. The number of hydrogen-bond donors (Lipinski definition) is 2.